The van der Waals surface area contributed by atoms with Crippen molar-refractivity contribution in [2.75, 3.05) is 20.3 Å². The molecule has 0 aliphatic carbocycles. The maximum absolute atomic E-state index is 13.6. The molecule has 0 spiro atoms. The third-order valence-electron chi connectivity index (χ3n) is 5.11. The van der Waals surface area contributed by atoms with Crippen molar-refractivity contribution in [3.8, 4) is 16.9 Å². The molecule has 0 atom stereocenters. The van der Waals surface area contributed by atoms with E-state index in [4.69, 9.17) is 14.5 Å². The van der Waals surface area contributed by atoms with Crippen LogP contribution in [0.5, 0.6) is 5.75 Å². The average molecular weight is 452 g/mol. The van der Waals surface area contributed by atoms with E-state index in [2.05, 4.69) is 4.98 Å². The fourth-order valence-electron chi connectivity index (χ4n) is 3.53. The molecule has 0 saturated carbocycles. The monoisotopic (exact) mass is 451 g/mol. The van der Waals surface area contributed by atoms with Gasteiger partial charge in [0, 0.05) is 42.4 Å². The Bertz CT molecular complexity index is 1320. The van der Waals surface area contributed by atoms with E-state index in [9.17, 15) is 9.59 Å². The minimum atomic E-state index is -0.215. The number of fused-ring (bicyclic) bond motifs is 1. The topological polar surface area (TPSA) is 86.2 Å². The van der Waals surface area contributed by atoms with E-state index in [-0.39, 0.29) is 23.3 Å². The molecular formula is C24H25N3O4S. The summed E-state index contributed by atoms with van der Waals surface area (Å²) in [7, 11) is 1.62. The summed E-state index contributed by atoms with van der Waals surface area (Å²) in [6.45, 7) is 3.10. The molecule has 0 amide bonds. The number of H-pyrrole nitrogens is 1. The number of benzene rings is 1. The number of nitrogens with zero attached hydrogens (tertiary/aromatic N) is 2. The summed E-state index contributed by atoms with van der Waals surface area (Å²) in [5.74, 6) is 0.901. The largest absolute Gasteiger partial charge is 0.488 e. The predicted molar refractivity (Wildman–Crippen MR) is 127 cm³/mol. The van der Waals surface area contributed by atoms with E-state index < -0.39 is 0 Å². The van der Waals surface area contributed by atoms with E-state index >= 15 is 0 Å². The fraction of sp³-hybridized carbons (Fsp3) is 0.292. The quantitative estimate of drug-likeness (QED) is 0.418. The van der Waals surface area contributed by atoms with Gasteiger partial charge in [-0.1, -0.05) is 37.3 Å². The first-order valence-corrected chi connectivity index (χ1v) is 11.4. The molecule has 8 heteroatoms. The lowest BCUT2D eigenvalue weighted by Gasteiger charge is -2.13. The fourth-order valence-corrected chi connectivity index (χ4v) is 4.49. The Morgan fingerprint density at radius 3 is 2.69 bits per heavy atom. The van der Waals surface area contributed by atoms with Gasteiger partial charge in [-0.2, -0.15) is 0 Å². The van der Waals surface area contributed by atoms with Crippen molar-refractivity contribution >= 4 is 21.6 Å². The summed E-state index contributed by atoms with van der Waals surface area (Å²) < 4.78 is 12.3. The van der Waals surface area contributed by atoms with Crippen LogP contribution in [0.1, 0.15) is 24.9 Å². The van der Waals surface area contributed by atoms with Crippen LogP contribution in [0.4, 0.5) is 0 Å². The van der Waals surface area contributed by atoms with Crippen LogP contribution in [-0.4, -0.2) is 34.9 Å². The molecule has 7 nitrogen and oxygen atoms in total. The van der Waals surface area contributed by atoms with Crippen LogP contribution >= 0.6 is 11.3 Å². The smallest absolute Gasteiger partial charge is 0.263 e. The molecule has 1 N–H and O–H groups in total. The molecule has 3 heterocycles. The molecule has 0 fully saturated rings. The number of methoxy groups -OCH3 is 1. The normalized spacial score (nSPS) is 11.2. The zero-order valence-corrected chi connectivity index (χ0v) is 18.9. The SMILES string of the molecule is CCCOc1c[nH]c(Cn2c(CCOC)nc3scc(-c4ccccc4)c3c2=O)cc1=O. The lowest BCUT2D eigenvalue weighted by molar-refractivity contribution is 0.199. The van der Waals surface area contributed by atoms with E-state index in [0.29, 0.717) is 41.4 Å². The van der Waals surface area contributed by atoms with E-state index in [1.807, 2.05) is 42.6 Å². The van der Waals surface area contributed by atoms with Gasteiger partial charge in [0.2, 0.25) is 5.43 Å². The molecule has 32 heavy (non-hydrogen) atoms. The first-order chi connectivity index (χ1) is 15.6. The van der Waals surface area contributed by atoms with Gasteiger partial charge in [0.25, 0.3) is 5.56 Å². The summed E-state index contributed by atoms with van der Waals surface area (Å²) in [4.78, 5) is 34.6. The maximum Gasteiger partial charge on any atom is 0.263 e. The molecule has 1 aromatic carbocycles. The van der Waals surface area contributed by atoms with Crippen LogP contribution in [0, 0.1) is 0 Å². The Hall–Kier alpha value is -3.23. The van der Waals surface area contributed by atoms with Crippen LogP contribution in [-0.2, 0) is 17.7 Å². The van der Waals surface area contributed by atoms with Crippen molar-refractivity contribution in [1.82, 2.24) is 14.5 Å². The third-order valence-corrected chi connectivity index (χ3v) is 5.99. The second-order valence-corrected chi connectivity index (χ2v) is 8.25. The Morgan fingerprint density at radius 2 is 1.97 bits per heavy atom. The van der Waals surface area contributed by atoms with Crippen molar-refractivity contribution in [2.24, 2.45) is 0 Å². The highest BCUT2D eigenvalue weighted by atomic mass is 32.1. The zero-order chi connectivity index (χ0) is 22.5. The van der Waals surface area contributed by atoms with E-state index in [0.717, 1.165) is 17.5 Å². The summed E-state index contributed by atoms with van der Waals surface area (Å²) >= 11 is 1.46. The summed E-state index contributed by atoms with van der Waals surface area (Å²) in [6, 6.07) is 11.3. The van der Waals surface area contributed by atoms with Crippen LogP contribution in [0.2, 0.25) is 0 Å². The number of aromatic nitrogens is 3. The van der Waals surface area contributed by atoms with E-state index in [1.165, 1.54) is 17.4 Å². The number of hydrogen-bond donors (Lipinski definition) is 1. The Kier molecular flexibility index (Phi) is 6.82. The number of aromatic amines is 1. The minimum absolute atomic E-state index is 0.131. The summed E-state index contributed by atoms with van der Waals surface area (Å²) in [5, 5.41) is 2.56. The molecule has 3 aromatic heterocycles. The first-order valence-electron chi connectivity index (χ1n) is 10.5. The van der Waals surface area contributed by atoms with Gasteiger partial charge in [-0.3, -0.25) is 14.2 Å². The van der Waals surface area contributed by atoms with Gasteiger partial charge in [-0.15, -0.1) is 11.3 Å². The number of pyridine rings is 1. The molecule has 0 radical (unpaired) electrons. The Labute approximate surface area is 189 Å². The Morgan fingerprint density at radius 1 is 1.16 bits per heavy atom. The van der Waals surface area contributed by atoms with E-state index in [1.54, 1.807) is 17.9 Å². The molecule has 0 unspecified atom stereocenters. The number of hydrogen-bond acceptors (Lipinski definition) is 6. The predicted octanol–water partition coefficient (Wildman–Crippen LogP) is 3.84. The summed E-state index contributed by atoms with van der Waals surface area (Å²) in [5.41, 5.74) is 2.10. The van der Waals surface area contributed by atoms with Crippen LogP contribution in [0.25, 0.3) is 21.3 Å². The molecule has 4 rings (SSSR count). The standard InChI is InChI=1S/C24H25N3O4S/c1-3-10-31-20-13-25-17(12-19(20)28)14-27-21(9-11-30-2)26-23-22(24(27)29)18(15-32-23)16-7-5-4-6-8-16/h4-8,12-13,15H,3,9-11,14H2,1-2H3,(H,25,28). The molecule has 0 saturated heterocycles. The molecule has 0 aliphatic rings. The zero-order valence-electron chi connectivity index (χ0n) is 18.1. The number of nitrogens with one attached hydrogen (secondary N) is 1. The van der Waals surface area contributed by atoms with Crippen molar-refractivity contribution in [3.63, 3.8) is 0 Å². The molecule has 166 valence electrons. The average Bonchev–Trinajstić information content (AvgIpc) is 3.24. The van der Waals surface area contributed by atoms with Crippen molar-refractivity contribution in [3.05, 3.63) is 80.1 Å². The van der Waals surface area contributed by atoms with Crippen LogP contribution in [0.15, 0.2) is 57.6 Å². The summed E-state index contributed by atoms with van der Waals surface area (Å²) in [6.07, 6.45) is 2.86. The second kappa shape index (κ2) is 9.93. The highest BCUT2D eigenvalue weighted by Crippen LogP contribution is 2.31. The van der Waals surface area contributed by atoms with Crippen molar-refractivity contribution in [1.29, 1.82) is 0 Å². The highest BCUT2D eigenvalue weighted by molar-refractivity contribution is 7.17. The number of rotatable bonds is 9. The highest BCUT2D eigenvalue weighted by Gasteiger charge is 2.17. The maximum atomic E-state index is 13.6. The first kappa shape index (κ1) is 22.0. The van der Waals surface area contributed by atoms with Gasteiger partial charge in [0.1, 0.15) is 10.7 Å². The lowest BCUT2D eigenvalue weighted by Crippen LogP contribution is -2.27. The van der Waals surface area contributed by atoms with Gasteiger partial charge in [0.05, 0.1) is 25.1 Å². The molecule has 0 bridgehead atoms. The number of ether oxygens (including phenoxy) is 2. The van der Waals surface area contributed by atoms with Gasteiger partial charge in [0.15, 0.2) is 5.75 Å². The van der Waals surface area contributed by atoms with Crippen molar-refractivity contribution in [2.45, 2.75) is 26.3 Å². The minimum Gasteiger partial charge on any atom is -0.488 e. The van der Waals surface area contributed by atoms with Crippen molar-refractivity contribution < 1.29 is 9.47 Å². The molecular weight excluding hydrogens is 426 g/mol. The lowest BCUT2D eigenvalue weighted by atomic mass is 10.1. The second-order valence-electron chi connectivity index (χ2n) is 7.39. The number of thiophene rings is 1. The van der Waals surface area contributed by atoms with Gasteiger partial charge in [-0.25, -0.2) is 4.98 Å². The molecule has 4 aromatic rings. The Balaban J connectivity index is 1.79. The van der Waals surface area contributed by atoms with Gasteiger partial charge >= 0.3 is 0 Å². The third kappa shape index (κ3) is 4.51. The van der Waals surface area contributed by atoms with Gasteiger partial charge in [-0.05, 0) is 12.0 Å². The van der Waals surface area contributed by atoms with Gasteiger partial charge < -0.3 is 14.5 Å². The van der Waals surface area contributed by atoms with Crippen LogP contribution in [0.3, 0.4) is 0 Å². The molecule has 0 aliphatic heterocycles. The van der Waals surface area contributed by atoms with Crippen LogP contribution < -0.4 is 15.7 Å².